The number of alkyl halides is 4. The van der Waals surface area contributed by atoms with Gasteiger partial charge in [0.05, 0.1) is 5.56 Å². The number of hydrogen-bond acceptors (Lipinski definition) is 1. The lowest BCUT2D eigenvalue weighted by molar-refractivity contribution is -0.137. The Bertz CT molecular complexity index is 408. The Morgan fingerprint density at radius 3 is 2.00 bits per heavy atom. The van der Waals surface area contributed by atoms with E-state index in [0.717, 1.165) is 25.0 Å². The monoisotopic (exact) mass is 261 g/mol. The lowest BCUT2D eigenvalue weighted by Gasteiger charge is -2.23. The van der Waals surface area contributed by atoms with E-state index in [1.807, 2.05) is 0 Å². The summed E-state index contributed by atoms with van der Waals surface area (Å²) in [5.74, 6) is -0.0372. The summed E-state index contributed by atoms with van der Waals surface area (Å²) in [6.07, 6.45) is -2.63. The fourth-order valence-corrected chi connectivity index (χ4v) is 2.13. The maximum atomic E-state index is 14.4. The summed E-state index contributed by atoms with van der Waals surface area (Å²) in [4.78, 5) is 0. The van der Waals surface area contributed by atoms with Crippen LogP contribution in [0.25, 0.3) is 0 Å². The van der Waals surface area contributed by atoms with Crippen molar-refractivity contribution in [2.75, 3.05) is 6.54 Å². The topological polar surface area (TPSA) is 26.0 Å². The highest BCUT2D eigenvalue weighted by Gasteiger charge is 2.44. The van der Waals surface area contributed by atoms with Gasteiger partial charge in [0.1, 0.15) is 5.67 Å². The maximum Gasteiger partial charge on any atom is 0.416 e. The molecule has 1 aliphatic rings. The van der Waals surface area contributed by atoms with E-state index in [1.54, 1.807) is 0 Å². The first kappa shape index (κ1) is 13.3. The smallest absolute Gasteiger partial charge is 0.328 e. The van der Waals surface area contributed by atoms with Gasteiger partial charge < -0.3 is 5.73 Å². The molecule has 1 fully saturated rings. The first-order chi connectivity index (χ1) is 8.35. The minimum atomic E-state index is -4.35. The van der Waals surface area contributed by atoms with Crippen LogP contribution < -0.4 is 5.73 Å². The van der Waals surface area contributed by atoms with Crippen LogP contribution in [0, 0.1) is 5.92 Å². The zero-order chi connectivity index (χ0) is 13.4. The highest BCUT2D eigenvalue weighted by molar-refractivity contribution is 5.26. The van der Waals surface area contributed by atoms with Gasteiger partial charge >= 0.3 is 6.18 Å². The van der Waals surface area contributed by atoms with Gasteiger partial charge in [-0.15, -0.1) is 0 Å². The normalized spacial score (nSPS) is 19.6. The van der Waals surface area contributed by atoms with Crippen molar-refractivity contribution in [2.45, 2.75) is 31.1 Å². The van der Waals surface area contributed by atoms with Crippen LogP contribution in [0.2, 0.25) is 0 Å². The van der Waals surface area contributed by atoms with Crippen LogP contribution in [0.1, 0.15) is 24.0 Å². The Morgan fingerprint density at radius 2 is 1.61 bits per heavy atom. The van der Waals surface area contributed by atoms with Crippen LogP contribution in [0.15, 0.2) is 24.3 Å². The van der Waals surface area contributed by atoms with Crippen LogP contribution in [-0.2, 0) is 12.6 Å². The van der Waals surface area contributed by atoms with Crippen molar-refractivity contribution < 1.29 is 17.6 Å². The van der Waals surface area contributed by atoms with Crippen molar-refractivity contribution in [1.82, 2.24) is 0 Å². The van der Waals surface area contributed by atoms with Gasteiger partial charge in [-0.2, -0.15) is 13.2 Å². The van der Waals surface area contributed by atoms with Crippen molar-refractivity contribution in [3.8, 4) is 0 Å². The molecular weight excluding hydrogens is 246 g/mol. The zero-order valence-electron chi connectivity index (χ0n) is 9.80. The van der Waals surface area contributed by atoms with Crippen molar-refractivity contribution in [3.63, 3.8) is 0 Å². The summed E-state index contributed by atoms with van der Waals surface area (Å²) in [7, 11) is 0. The Labute approximate surface area is 103 Å². The molecule has 0 saturated heterocycles. The first-order valence-electron chi connectivity index (χ1n) is 5.90. The predicted octanol–water partition coefficient (Wildman–Crippen LogP) is 3.32. The molecule has 0 amide bonds. The Hall–Kier alpha value is -1.10. The van der Waals surface area contributed by atoms with E-state index in [9.17, 15) is 17.6 Å². The largest absolute Gasteiger partial charge is 0.416 e. The van der Waals surface area contributed by atoms with Gasteiger partial charge in [0.15, 0.2) is 0 Å². The molecule has 1 aromatic rings. The summed E-state index contributed by atoms with van der Waals surface area (Å²) in [5, 5.41) is 0. The molecule has 1 aromatic carbocycles. The van der Waals surface area contributed by atoms with E-state index in [-0.39, 0.29) is 18.9 Å². The molecule has 1 atom stereocenters. The van der Waals surface area contributed by atoms with E-state index in [4.69, 9.17) is 5.73 Å². The van der Waals surface area contributed by atoms with Gasteiger partial charge in [-0.3, -0.25) is 0 Å². The summed E-state index contributed by atoms with van der Waals surface area (Å²) in [5.41, 5.74) is 3.81. The Morgan fingerprint density at radius 1 is 1.06 bits per heavy atom. The molecule has 100 valence electrons. The molecule has 1 saturated carbocycles. The molecule has 5 heteroatoms. The molecule has 0 spiro atoms. The molecule has 1 aliphatic carbocycles. The summed E-state index contributed by atoms with van der Waals surface area (Å²) < 4.78 is 51.5. The van der Waals surface area contributed by atoms with Gasteiger partial charge in [0.2, 0.25) is 0 Å². The SMILES string of the molecule is NCC(F)(Cc1ccc(C(F)(F)F)cc1)C1CC1. The second-order valence-electron chi connectivity index (χ2n) is 4.88. The lowest BCUT2D eigenvalue weighted by Crippen LogP contribution is -2.37. The fourth-order valence-electron chi connectivity index (χ4n) is 2.13. The third-order valence-corrected chi connectivity index (χ3v) is 3.43. The van der Waals surface area contributed by atoms with Gasteiger partial charge in [0.25, 0.3) is 0 Å². The van der Waals surface area contributed by atoms with E-state index in [1.165, 1.54) is 12.1 Å². The quantitative estimate of drug-likeness (QED) is 0.827. The van der Waals surface area contributed by atoms with Crippen LogP contribution in [0.4, 0.5) is 17.6 Å². The van der Waals surface area contributed by atoms with Crippen molar-refractivity contribution in [1.29, 1.82) is 0 Å². The van der Waals surface area contributed by atoms with Crippen molar-refractivity contribution in [2.24, 2.45) is 11.7 Å². The molecule has 2 N–H and O–H groups in total. The molecule has 0 aliphatic heterocycles. The molecular formula is C13H15F4N. The van der Waals surface area contributed by atoms with Gasteiger partial charge in [0, 0.05) is 13.0 Å². The number of rotatable bonds is 4. The van der Waals surface area contributed by atoms with E-state index >= 15 is 0 Å². The van der Waals surface area contributed by atoms with Crippen LogP contribution >= 0.6 is 0 Å². The molecule has 0 heterocycles. The van der Waals surface area contributed by atoms with E-state index in [2.05, 4.69) is 0 Å². The van der Waals surface area contributed by atoms with Crippen LogP contribution in [-0.4, -0.2) is 12.2 Å². The molecule has 1 nitrogen and oxygen atoms in total. The van der Waals surface area contributed by atoms with Crippen molar-refractivity contribution in [3.05, 3.63) is 35.4 Å². The second-order valence-corrected chi connectivity index (χ2v) is 4.88. The van der Waals surface area contributed by atoms with E-state index < -0.39 is 17.4 Å². The van der Waals surface area contributed by atoms with Gasteiger partial charge in [-0.05, 0) is 36.5 Å². The highest BCUT2D eigenvalue weighted by atomic mass is 19.4. The molecule has 0 radical (unpaired) electrons. The minimum Gasteiger partial charge on any atom is -0.328 e. The third kappa shape index (κ3) is 2.83. The fraction of sp³-hybridized carbons (Fsp3) is 0.538. The number of nitrogens with two attached hydrogens (primary N) is 1. The number of hydrogen-bond donors (Lipinski definition) is 1. The van der Waals surface area contributed by atoms with Crippen molar-refractivity contribution >= 4 is 0 Å². The number of halogens is 4. The standard InChI is InChI=1S/C13H15F4N/c14-12(8-18,10-5-6-10)7-9-1-3-11(4-2-9)13(15,16)17/h1-4,10H,5-8,18H2. The zero-order valence-corrected chi connectivity index (χ0v) is 9.80. The first-order valence-corrected chi connectivity index (χ1v) is 5.90. The van der Waals surface area contributed by atoms with Gasteiger partial charge in [-0.1, -0.05) is 12.1 Å². The summed E-state index contributed by atoms with van der Waals surface area (Å²) in [6.45, 7) is -0.0846. The van der Waals surface area contributed by atoms with Crippen LogP contribution in [0.3, 0.4) is 0 Å². The lowest BCUT2D eigenvalue weighted by atomic mass is 9.91. The molecule has 0 bridgehead atoms. The Kier molecular flexibility index (Phi) is 3.36. The van der Waals surface area contributed by atoms with Crippen LogP contribution in [0.5, 0.6) is 0 Å². The third-order valence-electron chi connectivity index (χ3n) is 3.43. The average Bonchev–Trinajstić information content (AvgIpc) is 3.12. The number of benzene rings is 1. The molecule has 18 heavy (non-hydrogen) atoms. The molecule has 1 unspecified atom stereocenters. The van der Waals surface area contributed by atoms with Gasteiger partial charge in [-0.25, -0.2) is 4.39 Å². The predicted molar refractivity (Wildman–Crippen MR) is 60.8 cm³/mol. The highest BCUT2D eigenvalue weighted by Crippen LogP contribution is 2.43. The average molecular weight is 261 g/mol. The summed E-state index contributed by atoms with van der Waals surface area (Å²) in [6, 6.07) is 4.63. The maximum absolute atomic E-state index is 14.4. The molecule has 0 aromatic heterocycles. The Balaban J connectivity index is 2.10. The molecule has 2 rings (SSSR count). The second kappa shape index (κ2) is 4.53. The minimum absolute atomic E-state index is 0.0372. The summed E-state index contributed by atoms with van der Waals surface area (Å²) >= 11 is 0. The van der Waals surface area contributed by atoms with E-state index in [0.29, 0.717) is 5.56 Å².